The van der Waals surface area contributed by atoms with Gasteiger partial charge in [0.15, 0.2) is 0 Å². The van der Waals surface area contributed by atoms with E-state index in [2.05, 4.69) is 40.4 Å². The van der Waals surface area contributed by atoms with Crippen molar-refractivity contribution < 1.29 is 10.2 Å². The van der Waals surface area contributed by atoms with Crippen LogP contribution in [-0.4, -0.2) is 44.4 Å². The Hall–Kier alpha value is -2.65. The molecular weight excluding hydrogens is 362 g/mol. The maximum absolute atomic E-state index is 9.89. The molecule has 1 aromatic heterocycles. The number of hydrogen-bond acceptors (Lipinski definition) is 4. The molecule has 1 fully saturated rings. The molecule has 0 saturated carbocycles. The highest BCUT2D eigenvalue weighted by Crippen LogP contribution is 2.19. The molecule has 0 bridgehead atoms. The third-order valence-electron chi connectivity index (χ3n) is 5.24. The van der Waals surface area contributed by atoms with Crippen molar-refractivity contribution in [2.24, 2.45) is 5.92 Å². The van der Waals surface area contributed by atoms with Crippen molar-refractivity contribution in [3.8, 4) is 11.8 Å². The molecule has 2 aromatic rings. The minimum Gasteiger partial charge on any atom is -0.396 e. The number of aliphatic hydroxyl groups is 2. The van der Waals surface area contributed by atoms with E-state index in [0.29, 0.717) is 24.0 Å². The summed E-state index contributed by atoms with van der Waals surface area (Å²) in [7, 11) is 0. The van der Waals surface area contributed by atoms with Crippen molar-refractivity contribution in [3.63, 3.8) is 0 Å². The monoisotopic (exact) mass is 391 g/mol. The van der Waals surface area contributed by atoms with Crippen LogP contribution >= 0.6 is 0 Å². The molecule has 0 amide bonds. The number of hydrogen-bond donors (Lipinski definition) is 2. The predicted octanol–water partition coefficient (Wildman–Crippen LogP) is 3.22. The molecule has 3 rings (SSSR count). The van der Waals surface area contributed by atoms with Crippen molar-refractivity contribution in [2.75, 3.05) is 19.7 Å². The molecule has 1 aliphatic rings. The zero-order valence-corrected chi connectivity index (χ0v) is 17.0. The van der Waals surface area contributed by atoms with Crippen molar-refractivity contribution in [2.45, 2.75) is 32.4 Å². The lowest BCUT2D eigenvalue weighted by Crippen LogP contribution is -2.34. The van der Waals surface area contributed by atoms with E-state index >= 15 is 0 Å². The predicted molar refractivity (Wildman–Crippen MR) is 116 cm³/mol. The zero-order valence-electron chi connectivity index (χ0n) is 17.0. The van der Waals surface area contributed by atoms with E-state index in [4.69, 9.17) is 0 Å². The number of aromatic nitrogens is 2. The average molecular weight is 392 g/mol. The Morgan fingerprint density at radius 3 is 2.66 bits per heavy atom. The Kier molecular flexibility index (Phi) is 7.42. The molecule has 1 saturated heterocycles. The summed E-state index contributed by atoms with van der Waals surface area (Å²) in [5.74, 6) is 7.37. The van der Waals surface area contributed by atoms with Crippen LogP contribution in [-0.2, 0) is 6.54 Å². The van der Waals surface area contributed by atoms with Crippen molar-refractivity contribution in [1.29, 1.82) is 0 Å². The fourth-order valence-electron chi connectivity index (χ4n) is 3.54. The van der Waals surface area contributed by atoms with Crippen LogP contribution in [0.15, 0.2) is 55.4 Å². The van der Waals surface area contributed by atoms with Gasteiger partial charge in [-0.05, 0) is 68.5 Å². The number of allylic oxidation sites excluding steroid dienone is 3. The van der Waals surface area contributed by atoms with E-state index in [1.54, 1.807) is 30.0 Å². The Morgan fingerprint density at radius 1 is 1.31 bits per heavy atom. The van der Waals surface area contributed by atoms with E-state index in [1.165, 1.54) is 5.56 Å². The van der Waals surface area contributed by atoms with Gasteiger partial charge in [0.2, 0.25) is 0 Å². The topological polar surface area (TPSA) is 61.5 Å². The Bertz CT molecular complexity index is 892. The van der Waals surface area contributed by atoms with E-state index in [0.717, 1.165) is 38.0 Å². The summed E-state index contributed by atoms with van der Waals surface area (Å²) >= 11 is 0. The second kappa shape index (κ2) is 10.2. The fraction of sp³-hybridized carbons (Fsp3) is 0.375. The summed E-state index contributed by atoms with van der Waals surface area (Å²) in [6, 6.07) is 8.32. The summed E-state index contributed by atoms with van der Waals surface area (Å²) in [4.78, 5) is 6.64. The highest BCUT2D eigenvalue weighted by Gasteiger charge is 2.18. The van der Waals surface area contributed by atoms with Crippen molar-refractivity contribution in [1.82, 2.24) is 14.5 Å². The van der Waals surface area contributed by atoms with Gasteiger partial charge in [0.25, 0.3) is 0 Å². The quantitative estimate of drug-likeness (QED) is 0.586. The number of aliphatic hydroxyl groups excluding tert-OH is 2. The van der Waals surface area contributed by atoms with Gasteiger partial charge in [-0.1, -0.05) is 30.7 Å². The Labute approximate surface area is 173 Å². The van der Waals surface area contributed by atoms with Gasteiger partial charge in [-0.2, -0.15) is 0 Å². The van der Waals surface area contributed by atoms with Crippen LogP contribution in [0.25, 0.3) is 5.70 Å². The summed E-state index contributed by atoms with van der Waals surface area (Å²) in [5.41, 5.74) is 2.91. The highest BCUT2D eigenvalue weighted by atomic mass is 16.3. The first-order chi connectivity index (χ1) is 14.1. The minimum atomic E-state index is -0.679. The zero-order chi connectivity index (χ0) is 20.6. The first-order valence-corrected chi connectivity index (χ1v) is 10.1. The van der Waals surface area contributed by atoms with Gasteiger partial charge in [0, 0.05) is 31.1 Å². The summed E-state index contributed by atoms with van der Waals surface area (Å²) < 4.78 is 1.78. The molecule has 0 aliphatic carbocycles. The maximum Gasteiger partial charge on any atom is 0.142 e. The largest absolute Gasteiger partial charge is 0.396 e. The number of likely N-dealkylation sites (tertiary alicyclic amines) is 1. The molecule has 1 aliphatic heterocycles. The van der Waals surface area contributed by atoms with E-state index < -0.39 is 6.10 Å². The van der Waals surface area contributed by atoms with Crippen LogP contribution in [0.2, 0.25) is 0 Å². The molecule has 2 N–H and O–H groups in total. The number of imidazole rings is 1. The smallest absolute Gasteiger partial charge is 0.142 e. The van der Waals surface area contributed by atoms with Gasteiger partial charge >= 0.3 is 0 Å². The van der Waals surface area contributed by atoms with Crippen LogP contribution in [0.4, 0.5) is 0 Å². The van der Waals surface area contributed by atoms with Gasteiger partial charge in [-0.3, -0.25) is 9.47 Å². The van der Waals surface area contributed by atoms with E-state index in [9.17, 15) is 10.2 Å². The lowest BCUT2D eigenvalue weighted by molar-refractivity contribution is 0.127. The molecular formula is C24H29N3O2. The normalized spacial score (nSPS) is 16.9. The molecule has 1 aromatic carbocycles. The van der Waals surface area contributed by atoms with Crippen LogP contribution < -0.4 is 0 Å². The van der Waals surface area contributed by atoms with E-state index in [1.807, 2.05) is 18.2 Å². The second-order valence-corrected chi connectivity index (χ2v) is 7.47. The standard InChI is InChI=1S/C24H29N3O2/c1-3-4-23(27-16-13-25-24(27)19(2)29)10-9-20-5-7-21(8-6-20)17-26-14-11-22(18-28)12-15-26/h3-8,13,16,19,22,28-29H,1,11-12,14-15,17-18H2,2H3/b23-4-/t19-/m0/s1. The number of rotatable bonds is 6. The van der Waals surface area contributed by atoms with Crippen LogP contribution in [0.5, 0.6) is 0 Å². The van der Waals surface area contributed by atoms with Crippen LogP contribution in [0.1, 0.15) is 42.8 Å². The van der Waals surface area contributed by atoms with Crippen LogP contribution in [0, 0.1) is 17.8 Å². The summed E-state index contributed by atoms with van der Waals surface area (Å²) in [6.45, 7) is 8.76. The lowest BCUT2D eigenvalue weighted by atomic mass is 9.97. The molecule has 5 heteroatoms. The Balaban J connectivity index is 1.67. The van der Waals surface area contributed by atoms with Gasteiger partial charge in [-0.25, -0.2) is 4.98 Å². The fourth-order valence-corrected chi connectivity index (χ4v) is 3.54. The first kappa shape index (κ1) is 21.1. The highest BCUT2D eigenvalue weighted by molar-refractivity contribution is 5.67. The second-order valence-electron chi connectivity index (χ2n) is 7.47. The number of nitrogens with zero attached hydrogens (tertiary/aromatic N) is 3. The third kappa shape index (κ3) is 5.68. The number of piperidine rings is 1. The lowest BCUT2D eigenvalue weighted by Gasteiger charge is -2.31. The van der Waals surface area contributed by atoms with E-state index in [-0.39, 0.29) is 0 Å². The molecule has 29 heavy (non-hydrogen) atoms. The molecule has 152 valence electrons. The van der Waals surface area contributed by atoms with Crippen LogP contribution in [0.3, 0.4) is 0 Å². The van der Waals surface area contributed by atoms with Gasteiger partial charge in [0.05, 0.1) is 5.70 Å². The molecule has 0 unspecified atom stereocenters. The van der Waals surface area contributed by atoms with Crippen molar-refractivity contribution in [3.05, 3.63) is 72.3 Å². The maximum atomic E-state index is 9.89. The molecule has 0 spiro atoms. The minimum absolute atomic E-state index is 0.307. The average Bonchev–Trinajstić information content (AvgIpc) is 3.23. The third-order valence-corrected chi connectivity index (χ3v) is 5.24. The molecule has 5 nitrogen and oxygen atoms in total. The molecule has 1 atom stereocenters. The van der Waals surface area contributed by atoms with Gasteiger partial charge < -0.3 is 10.2 Å². The first-order valence-electron chi connectivity index (χ1n) is 10.1. The molecule has 0 radical (unpaired) electrons. The summed E-state index contributed by atoms with van der Waals surface area (Å²) in [6.07, 6.45) is 8.39. The Morgan fingerprint density at radius 2 is 2.03 bits per heavy atom. The van der Waals surface area contributed by atoms with Crippen molar-refractivity contribution >= 4 is 5.70 Å². The molecule has 2 heterocycles. The summed E-state index contributed by atoms with van der Waals surface area (Å²) in [5, 5.41) is 19.2. The van der Waals surface area contributed by atoms with Gasteiger partial charge in [-0.15, -0.1) is 0 Å². The van der Waals surface area contributed by atoms with Gasteiger partial charge in [0.1, 0.15) is 11.9 Å². The number of benzene rings is 1. The SMILES string of the molecule is C=C/C=C(/C#Cc1ccc(CN2CCC(CO)CC2)cc1)n1ccnc1[C@H](C)O.